The molecule has 0 spiro atoms. The summed E-state index contributed by atoms with van der Waals surface area (Å²) in [6.45, 7) is 2.69. The first-order valence-electron chi connectivity index (χ1n) is 10.0. The second-order valence-corrected chi connectivity index (χ2v) is 12.0. The van der Waals surface area contributed by atoms with Gasteiger partial charge in [-0.25, -0.2) is 21.1 Å². The number of nitrogens with zero attached hydrogens (tertiary/aromatic N) is 3. The Labute approximate surface area is 183 Å². The van der Waals surface area contributed by atoms with Crippen molar-refractivity contribution >= 4 is 37.3 Å². The number of benzene rings is 2. The van der Waals surface area contributed by atoms with E-state index >= 15 is 0 Å². The van der Waals surface area contributed by atoms with Crippen LogP contribution in [0.15, 0.2) is 46.2 Å². The third-order valence-electron chi connectivity index (χ3n) is 5.80. The van der Waals surface area contributed by atoms with Gasteiger partial charge in [0.25, 0.3) is 10.0 Å². The molecule has 1 saturated heterocycles. The molecule has 166 valence electrons. The lowest BCUT2D eigenvalue weighted by atomic mass is 10.2. The Morgan fingerprint density at radius 2 is 1.55 bits per heavy atom. The summed E-state index contributed by atoms with van der Waals surface area (Å²) in [4.78, 5) is 14.0. The summed E-state index contributed by atoms with van der Waals surface area (Å²) in [7, 11) is -4.50. The number of anilines is 2. The second kappa shape index (κ2) is 7.61. The van der Waals surface area contributed by atoms with E-state index in [1.54, 1.807) is 36.1 Å². The van der Waals surface area contributed by atoms with Crippen LogP contribution < -0.4 is 9.21 Å². The van der Waals surface area contributed by atoms with Gasteiger partial charge in [0.05, 0.1) is 15.5 Å². The Morgan fingerprint density at radius 3 is 2.16 bits per heavy atom. The molecule has 2 aliphatic heterocycles. The Bertz CT molecular complexity index is 1270. The first kappa shape index (κ1) is 21.8. The Morgan fingerprint density at radius 1 is 0.871 bits per heavy atom. The number of amides is 1. The minimum Gasteiger partial charge on any atom is -0.312 e. The highest BCUT2D eigenvalue weighted by Crippen LogP contribution is 2.36. The fraction of sp³-hybridized carbons (Fsp3) is 0.381. The summed E-state index contributed by atoms with van der Waals surface area (Å²) < 4.78 is 54.0. The summed E-state index contributed by atoms with van der Waals surface area (Å²) in [6.07, 6.45) is 1.74. The molecule has 0 unspecified atom stereocenters. The zero-order valence-corrected chi connectivity index (χ0v) is 19.3. The maximum absolute atomic E-state index is 13.4. The highest BCUT2D eigenvalue weighted by Gasteiger charge is 2.33. The molecular formula is C21H25N3O5S2. The maximum atomic E-state index is 13.4. The normalized spacial score (nSPS) is 17.0. The van der Waals surface area contributed by atoms with Crippen LogP contribution in [0.25, 0.3) is 0 Å². The first-order chi connectivity index (χ1) is 14.5. The van der Waals surface area contributed by atoms with E-state index in [1.165, 1.54) is 30.5 Å². The van der Waals surface area contributed by atoms with Crippen LogP contribution in [0.1, 0.15) is 24.0 Å². The molecular weight excluding hydrogens is 438 g/mol. The van der Waals surface area contributed by atoms with E-state index in [2.05, 4.69) is 0 Å². The predicted octanol–water partition coefficient (Wildman–Crippen LogP) is 2.12. The van der Waals surface area contributed by atoms with Crippen molar-refractivity contribution in [3.63, 3.8) is 0 Å². The van der Waals surface area contributed by atoms with Gasteiger partial charge in [-0.3, -0.25) is 9.10 Å². The summed E-state index contributed by atoms with van der Waals surface area (Å²) in [5.41, 5.74) is 2.64. The van der Waals surface area contributed by atoms with Crippen LogP contribution in [0.4, 0.5) is 11.4 Å². The average Bonchev–Trinajstić information content (AvgIpc) is 3.33. The van der Waals surface area contributed by atoms with E-state index < -0.39 is 20.0 Å². The van der Waals surface area contributed by atoms with Gasteiger partial charge in [-0.05, 0) is 67.3 Å². The van der Waals surface area contributed by atoms with Gasteiger partial charge in [0, 0.05) is 39.3 Å². The Balaban J connectivity index is 1.67. The van der Waals surface area contributed by atoms with Gasteiger partial charge >= 0.3 is 0 Å². The Hall–Kier alpha value is -2.43. The van der Waals surface area contributed by atoms with Gasteiger partial charge in [-0.1, -0.05) is 0 Å². The standard InChI is InChI=1S/C21H25N3O5S2/c1-15-13-17(6-8-19(15)23-11-4-5-21(23)25)31(28,29)24-12-10-16-14-18(7-9-20(16)24)30(26,27)22(2)3/h6-9,13-14H,4-5,10-12H2,1-3H3. The molecule has 0 bridgehead atoms. The van der Waals surface area contributed by atoms with Gasteiger partial charge in [0.15, 0.2) is 0 Å². The highest BCUT2D eigenvalue weighted by atomic mass is 32.2. The van der Waals surface area contributed by atoms with Gasteiger partial charge in [0.2, 0.25) is 15.9 Å². The van der Waals surface area contributed by atoms with E-state index in [1.807, 2.05) is 0 Å². The number of hydrogen-bond acceptors (Lipinski definition) is 5. The van der Waals surface area contributed by atoms with Gasteiger partial charge in [-0.15, -0.1) is 0 Å². The van der Waals surface area contributed by atoms with Crippen LogP contribution in [0.3, 0.4) is 0 Å². The second-order valence-electron chi connectivity index (χ2n) is 8.00. The van der Waals surface area contributed by atoms with Crippen molar-refractivity contribution in [2.24, 2.45) is 0 Å². The quantitative estimate of drug-likeness (QED) is 0.677. The SMILES string of the molecule is Cc1cc(S(=O)(=O)N2CCc3cc(S(=O)(=O)N(C)C)ccc32)ccc1N1CCCC1=O. The molecule has 0 saturated carbocycles. The number of fused-ring (bicyclic) bond motifs is 1. The molecule has 0 aromatic heterocycles. The third-order valence-corrected chi connectivity index (χ3v) is 9.42. The fourth-order valence-corrected chi connectivity index (χ4v) is 6.63. The van der Waals surface area contributed by atoms with Crippen molar-refractivity contribution in [1.29, 1.82) is 0 Å². The number of sulfonamides is 2. The lowest BCUT2D eigenvalue weighted by molar-refractivity contribution is -0.117. The van der Waals surface area contributed by atoms with E-state index in [-0.39, 0.29) is 22.2 Å². The van der Waals surface area contributed by atoms with Crippen molar-refractivity contribution in [2.75, 3.05) is 36.4 Å². The van der Waals surface area contributed by atoms with Crippen molar-refractivity contribution in [3.05, 3.63) is 47.5 Å². The van der Waals surface area contributed by atoms with Crippen molar-refractivity contribution in [3.8, 4) is 0 Å². The lowest BCUT2D eigenvalue weighted by Gasteiger charge is -2.22. The monoisotopic (exact) mass is 463 g/mol. The number of hydrogen-bond donors (Lipinski definition) is 0. The molecule has 2 aliphatic rings. The molecule has 10 heteroatoms. The third kappa shape index (κ3) is 3.62. The number of carbonyl (C=O) groups is 1. The zero-order valence-electron chi connectivity index (χ0n) is 17.7. The molecule has 1 amide bonds. The molecule has 2 aromatic carbocycles. The molecule has 4 rings (SSSR count). The summed E-state index contributed by atoms with van der Waals surface area (Å²) >= 11 is 0. The van der Waals surface area contributed by atoms with Gasteiger partial charge in [0.1, 0.15) is 0 Å². The van der Waals surface area contributed by atoms with Crippen molar-refractivity contribution in [1.82, 2.24) is 4.31 Å². The average molecular weight is 464 g/mol. The maximum Gasteiger partial charge on any atom is 0.264 e. The first-order valence-corrected chi connectivity index (χ1v) is 12.9. The lowest BCUT2D eigenvalue weighted by Crippen LogP contribution is -2.29. The molecule has 1 fully saturated rings. The predicted molar refractivity (Wildman–Crippen MR) is 118 cm³/mol. The van der Waals surface area contributed by atoms with Crippen LogP contribution >= 0.6 is 0 Å². The minimum absolute atomic E-state index is 0.0515. The number of rotatable bonds is 5. The van der Waals surface area contributed by atoms with E-state index in [9.17, 15) is 21.6 Å². The summed E-state index contributed by atoms with van der Waals surface area (Å²) in [5, 5.41) is 0. The van der Waals surface area contributed by atoms with Crippen LogP contribution in [0, 0.1) is 6.92 Å². The highest BCUT2D eigenvalue weighted by molar-refractivity contribution is 7.92. The molecule has 31 heavy (non-hydrogen) atoms. The topological polar surface area (TPSA) is 95.1 Å². The zero-order chi connectivity index (χ0) is 22.6. The molecule has 0 atom stereocenters. The summed E-state index contributed by atoms with van der Waals surface area (Å²) in [5.74, 6) is 0.0515. The van der Waals surface area contributed by atoms with Crippen LogP contribution in [0.2, 0.25) is 0 Å². The van der Waals surface area contributed by atoms with Crippen LogP contribution in [-0.2, 0) is 31.3 Å². The van der Waals surface area contributed by atoms with Gasteiger partial charge < -0.3 is 4.90 Å². The van der Waals surface area contributed by atoms with Crippen molar-refractivity contribution < 1.29 is 21.6 Å². The molecule has 0 N–H and O–H groups in total. The van der Waals surface area contributed by atoms with E-state index in [0.717, 1.165) is 22.0 Å². The van der Waals surface area contributed by atoms with E-state index in [4.69, 9.17) is 0 Å². The molecule has 0 radical (unpaired) electrons. The van der Waals surface area contributed by atoms with Crippen LogP contribution in [0.5, 0.6) is 0 Å². The fourth-order valence-electron chi connectivity index (χ4n) is 4.09. The van der Waals surface area contributed by atoms with Crippen molar-refractivity contribution in [2.45, 2.75) is 36.0 Å². The van der Waals surface area contributed by atoms with Crippen LogP contribution in [-0.4, -0.2) is 54.2 Å². The molecule has 2 aromatic rings. The minimum atomic E-state index is -3.82. The molecule has 2 heterocycles. The summed E-state index contributed by atoms with van der Waals surface area (Å²) in [6, 6.07) is 9.36. The number of aryl methyl sites for hydroxylation is 1. The van der Waals surface area contributed by atoms with Gasteiger partial charge in [-0.2, -0.15) is 0 Å². The van der Waals surface area contributed by atoms with E-state index in [0.29, 0.717) is 30.6 Å². The molecule has 0 aliphatic carbocycles. The Kier molecular flexibility index (Phi) is 5.35. The largest absolute Gasteiger partial charge is 0.312 e. The molecule has 8 nitrogen and oxygen atoms in total. The number of carbonyl (C=O) groups excluding carboxylic acids is 1. The smallest absolute Gasteiger partial charge is 0.264 e.